The SMILES string of the molecule is C=N/C(CCN1CCNC(=O)C1)=C(\SCC(C)O)c1csc(Nc2ccc(CNc3ccc(C)cc3)cn2)n1. The Morgan fingerprint density at radius 1 is 1.31 bits per heavy atom. The molecule has 0 radical (unpaired) electrons. The summed E-state index contributed by atoms with van der Waals surface area (Å²) in [6.07, 6.45) is 2.02. The molecule has 1 unspecified atom stereocenters. The van der Waals surface area contributed by atoms with Gasteiger partial charge in [-0.3, -0.25) is 14.7 Å². The standard InChI is InChI=1S/C28H35N7O2S2/c1-19-4-7-22(8-5-19)31-14-21-6-9-25(32-15-21)34-28-33-24(18-39-28)27(38-17-20(2)36)23(29-3)10-12-35-13-11-30-26(37)16-35/h4-9,15,18,20,31,36H,3,10-14,16-17H2,1-2H3,(H,30,37)(H,32,33,34)/b27-23-. The Labute approximate surface area is 237 Å². The molecular weight excluding hydrogens is 530 g/mol. The van der Waals surface area contributed by atoms with E-state index in [1.165, 1.54) is 28.7 Å². The van der Waals surface area contributed by atoms with Crippen molar-refractivity contribution in [2.45, 2.75) is 32.9 Å². The topological polar surface area (TPSA) is 115 Å². The number of thiazole rings is 1. The summed E-state index contributed by atoms with van der Waals surface area (Å²) in [7, 11) is 0. The minimum absolute atomic E-state index is 0.0430. The van der Waals surface area contributed by atoms with Gasteiger partial charge in [0.1, 0.15) is 5.82 Å². The lowest BCUT2D eigenvalue weighted by Gasteiger charge is -2.26. The van der Waals surface area contributed by atoms with Gasteiger partial charge in [0.25, 0.3) is 0 Å². The summed E-state index contributed by atoms with van der Waals surface area (Å²) in [4.78, 5) is 28.4. The summed E-state index contributed by atoms with van der Waals surface area (Å²) in [6, 6.07) is 12.3. The van der Waals surface area contributed by atoms with E-state index >= 15 is 0 Å². The van der Waals surface area contributed by atoms with E-state index in [4.69, 9.17) is 4.98 Å². The molecule has 11 heteroatoms. The zero-order valence-corrected chi connectivity index (χ0v) is 23.9. The summed E-state index contributed by atoms with van der Waals surface area (Å²) in [5.74, 6) is 1.27. The van der Waals surface area contributed by atoms with Crippen LogP contribution in [0.4, 0.5) is 16.6 Å². The number of pyridine rings is 1. The molecule has 1 aliphatic heterocycles. The molecule has 0 aliphatic carbocycles. The third kappa shape index (κ3) is 8.89. The average Bonchev–Trinajstić information content (AvgIpc) is 3.39. The van der Waals surface area contributed by atoms with E-state index < -0.39 is 6.10 Å². The maximum atomic E-state index is 11.7. The first-order valence-electron chi connectivity index (χ1n) is 12.9. The molecule has 4 N–H and O–H groups in total. The van der Waals surface area contributed by atoms with Gasteiger partial charge >= 0.3 is 0 Å². The number of hydrogen-bond donors (Lipinski definition) is 4. The molecule has 206 valence electrons. The first-order valence-corrected chi connectivity index (χ1v) is 14.7. The van der Waals surface area contributed by atoms with Crippen molar-refractivity contribution in [3.05, 3.63) is 70.5 Å². The summed E-state index contributed by atoms with van der Waals surface area (Å²) in [5.41, 5.74) is 4.98. The van der Waals surface area contributed by atoms with E-state index in [1.54, 1.807) is 6.92 Å². The molecule has 3 aromatic rings. The Hall–Kier alpha value is -3.25. The zero-order valence-electron chi connectivity index (χ0n) is 22.3. The van der Waals surface area contributed by atoms with Crippen molar-refractivity contribution in [1.82, 2.24) is 20.2 Å². The molecule has 9 nitrogen and oxygen atoms in total. The summed E-state index contributed by atoms with van der Waals surface area (Å²) < 4.78 is 0. The van der Waals surface area contributed by atoms with Gasteiger partial charge < -0.3 is 21.1 Å². The van der Waals surface area contributed by atoms with Crippen LogP contribution >= 0.6 is 23.1 Å². The molecule has 0 bridgehead atoms. The lowest BCUT2D eigenvalue weighted by atomic mass is 10.2. The molecule has 39 heavy (non-hydrogen) atoms. The number of thioether (sulfide) groups is 1. The van der Waals surface area contributed by atoms with Crippen molar-refractivity contribution in [2.24, 2.45) is 4.99 Å². The molecule has 1 fully saturated rings. The van der Waals surface area contributed by atoms with Gasteiger partial charge in [0, 0.05) is 55.6 Å². The minimum Gasteiger partial charge on any atom is -0.393 e. The van der Waals surface area contributed by atoms with Crippen LogP contribution in [0.3, 0.4) is 0 Å². The Morgan fingerprint density at radius 2 is 2.13 bits per heavy atom. The van der Waals surface area contributed by atoms with Crippen LogP contribution in [0.2, 0.25) is 0 Å². The van der Waals surface area contributed by atoms with Gasteiger partial charge in [0.2, 0.25) is 5.91 Å². The second-order valence-electron chi connectivity index (χ2n) is 9.40. The van der Waals surface area contributed by atoms with Crippen molar-refractivity contribution in [3.63, 3.8) is 0 Å². The second kappa shape index (κ2) is 14.2. The van der Waals surface area contributed by atoms with Crippen LogP contribution in [0.25, 0.3) is 4.91 Å². The molecule has 4 rings (SSSR count). The van der Waals surface area contributed by atoms with Crippen LogP contribution in [-0.2, 0) is 11.3 Å². The van der Waals surface area contributed by atoms with Crippen LogP contribution in [0.15, 0.2) is 58.7 Å². The van der Waals surface area contributed by atoms with E-state index in [0.717, 1.165) is 34.1 Å². The number of nitrogens with one attached hydrogen (secondary N) is 3. The number of anilines is 3. The van der Waals surface area contributed by atoms with Crippen molar-refractivity contribution in [2.75, 3.05) is 42.6 Å². The number of aliphatic imine (C=N–C) groups is 1. The minimum atomic E-state index is -0.471. The number of piperazine rings is 1. The first-order chi connectivity index (χ1) is 18.9. The number of benzene rings is 1. The second-order valence-corrected chi connectivity index (χ2v) is 11.3. The highest BCUT2D eigenvalue weighted by molar-refractivity contribution is 8.08. The number of aryl methyl sites for hydroxylation is 1. The maximum absolute atomic E-state index is 11.7. The highest BCUT2D eigenvalue weighted by atomic mass is 32.2. The van der Waals surface area contributed by atoms with Gasteiger partial charge in [-0.2, -0.15) is 0 Å². The number of carbonyl (C=O) groups excluding carboxylic acids is 1. The Balaban J connectivity index is 1.41. The molecule has 1 atom stereocenters. The molecule has 0 saturated carbocycles. The van der Waals surface area contributed by atoms with E-state index in [-0.39, 0.29) is 5.91 Å². The number of aliphatic hydroxyl groups excluding tert-OH is 1. The molecule has 1 saturated heterocycles. The number of rotatable bonds is 13. The number of amides is 1. The molecule has 1 amide bonds. The lowest BCUT2D eigenvalue weighted by molar-refractivity contribution is -0.124. The highest BCUT2D eigenvalue weighted by Gasteiger charge is 2.19. The summed E-state index contributed by atoms with van der Waals surface area (Å²) in [5, 5.41) is 22.2. The molecule has 1 aliphatic rings. The fraction of sp³-hybridized carbons (Fsp3) is 0.357. The van der Waals surface area contributed by atoms with Crippen molar-refractivity contribution >= 4 is 57.3 Å². The van der Waals surface area contributed by atoms with Crippen LogP contribution < -0.4 is 16.0 Å². The first kappa shape index (κ1) is 28.8. The van der Waals surface area contributed by atoms with Gasteiger partial charge in [-0.25, -0.2) is 9.97 Å². The Bertz CT molecular complexity index is 1270. The van der Waals surface area contributed by atoms with Crippen LogP contribution in [0.5, 0.6) is 0 Å². The predicted octanol–water partition coefficient (Wildman–Crippen LogP) is 4.51. The van der Waals surface area contributed by atoms with Gasteiger partial charge in [-0.15, -0.1) is 23.1 Å². The van der Waals surface area contributed by atoms with Gasteiger partial charge in [0.15, 0.2) is 5.13 Å². The largest absolute Gasteiger partial charge is 0.393 e. The van der Waals surface area contributed by atoms with E-state index in [0.29, 0.717) is 49.3 Å². The quantitative estimate of drug-likeness (QED) is 0.224. The summed E-state index contributed by atoms with van der Waals surface area (Å²) in [6.45, 7) is 10.9. The molecule has 0 spiro atoms. The van der Waals surface area contributed by atoms with Gasteiger partial charge in [-0.05, 0) is 44.3 Å². The predicted molar refractivity (Wildman–Crippen MR) is 163 cm³/mol. The van der Waals surface area contributed by atoms with Gasteiger partial charge in [0.05, 0.1) is 28.9 Å². The van der Waals surface area contributed by atoms with Crippen LogP contribution in [0.1, 0.15) is 30.2 Å². The third-order valence-corrected chi connectivity index (χ3v) is 8.19. The Kier molecular flexibility index (Phi) is 10.5. The van der Waals surface area contributed by atoms with Crippen molar-refractivity contribution in [1.29, 1.82) is 0 Å². The average molecular weight is 566 g/mol. The van der Waals surface area contributed by atoms with Gasteiger partial charge in [-0.1, -0.05) is 23.8 Å². The zero-order chi connectivity index (χ0) is 27.6. The number of aromatic nitrogens is 2. The van der Waals surface area contributed by atoms with Crippen LogP contribution in [0, 0.1) is 6.92 Å². The molecular formula is C28H35N7O2S2. The lowest BCUT2D eigenvalue weighted by Crippen LogP contribution is -2.47. The number of aliphatic hydroxyl groups is 1. The number of carbonyl (C=O) groups is 1. The van der Waals surface area contributed by atoms with Crippen molar-refractivity contribution in [3.8, 4) is 0 Å². The van der Waals surface area contributed by atoms with Crippen molar-refractivity contribution < 1.29 is 9.90 Å². The smallest absolute Gasteiger partial charge is 0.234 e. The monoisotopic (exact) mass is 565 g/mol. The normalized spacial score (nSPS) is 15.3. The molecule has 3 heterocycles. The highest BCUT2D eigenvalue weighted by Crippen LogP contribution is 2.35. The number of nitrogens with zero attached hydrogens (tertiary/aromatic N) is 4. The van der Waals surface area contributed by atoms with Crippen LogP contribution in [-0.4, -0.2) is 70.6 Å². The summed E-state index contributed by atoms with van der Waals surface area (Å²) >= 11 is 3.00. The maximum Gasteiger partial charge on any atom is 0.234 e. The van der Waals surface area contributed by atoms with E-state index in [2.05, 4.69) is 68.7 Å². The third-order valence-electron chi connectivity index (χ3n) is 6.05. The van der Waals surface area contributed by atoms with E-state index in [1.807, 2.05) is 23.7 Å². The molecule has 1 aromatic carbocycles. The number of hydrogen-bond acceptors (Lipinski definition) is 10. The Morgan fingerprint density at radius 3 is 2.82 bits per heavy atom. The van der Waals surface area contributed by atoms with E-state index in [9.17, 15) is 9.90 Å². The molecule has 2 aromatic heterocycles. The fourth-order valence-electron chi connectivity index (χ4n) is 3.94. The fourth-order valence-corrected chi connectivity index (χ4v) is 5.72.